The molecule has 7 rings (SSSR count). The lowest BCUT2D eigenvalue weighted by molar-refractivity contribution is -0.134. The van der Waals surface area contributed by atoms with Crippen molar-refractivity contribution in [2.45, 2.75) is 55.0 Å². The molecule has 3 atom stereocenters. The first kappa shape index (κ1) is 28.7. The highest BCUT2D eigenvalue weighted by Crippen LogP contribution is 2.51. The van der Waals surface area contributed by atoms with E-state index in [4.69, 9.17) is 4.74 Å². The molecule has 4 aliphatic rings. The van der Waals surface area contributed by atoms with Crippen LogP contribution in [0.3, 0.4) is 0 Å². The van der Waals surface area contributed by atoms with Crippen LogP contribution in [0.15, 0.2) is 65.8 Å². The molecule has 2 aromatic carbocycles. The molecule has 4 aliphatic heterocycles. The second-order valence-corrected chi connectivity index (χ2v) is 13.0. The van der Waals surface area contributed by atoms with E-state index in [9.17, 15) is 14.4 Å². The zero-order valence-corrected chi connectivity index (χ0v) is 25.5. The highest BCUT2D eigenvalue weighted by Gasteiger charge is 2.47. The fourth-order valence-corrected chi connectivity index (χ4v) is 7.90. The average Bonchev–Trinajstić information content (AvgIpc) is 3.67. The van der Waals surface area contributed by atoms with Crippen LogP contribution >= 0.6 is 11.8 Å². The highest BCUT2D eigenvalue weighted by atomic mass is 32.2. The van der Waals surface area contributed by atoms with Crippen LogP contribution in [0.1, 0.15) is 42.9 Å². The van der Waals surface area contributed by atoms with Crippen molar-refractivity contribution in [3.8, 4) is 11.5 Å². The summed E-state index contributed by atoms with van der Waals surface area (Å²) in [7, 11) is 0. The molecule has 228 valence electrons. The van der Waals surface area contributed by atoms with Gasteiger partial charge in [0.15, 0.2) is 0 Å². The first-order valence-corrected chi connectivity index (χ1v) is 16.2. The number of anilines is 2. The maximum absolute atomic E-state index is 13.7. The first-order valence-electron chi connectivity index (χ1n) is 15.3. The van der Waals surface area contributed by atoms with E-state index in [2.05, 4.69) is 20.5 Å². The van der Waals surface area contributed by atoms with E-state index in [-0.39, 0.29) is 23.9 Å². The van der Waals surface area contributed by atoms with E-state index in [1.165, 1.54) is 11.8 Å². The summed E-state index contributed by atoms with van der Waals surface area (Å²) in [6.45, 7) is 5.60. The van der Waals surface area contributed by atoms with Crippen LogP contribution in [0, 0.1) is 6.92 Å². The predicted octanol–water partition coefficient (Wildman–Crippen LogP) is 4.76. The molecule has 11 heteroatoms. The Hall–Kier alpha value is -4.09. The van der Waals surface area contributed by atoms with E-state index >= 15 is 0 Å². The van der Waals surface area contributed by atoms with Gasteiger partial charge < -0.3 is 20.3 Å². The van der Waals surface area contributed by atoms with Crippen LogP contribution in [0.4, 0.5) is 16.2 Å². The van der Waals surface area contributed by atoms with Crippen molar-refractivity contribution < 1.29 is 19.1 Å². The maximum atomic E-state index is 13.7. The minimum absolute atomic E-state index is 0.120. The van der Waals surface area contributed by atoms with Gasteiger partial charge in [0.25, 0.3) is 0 Å². The van der Waals surface area contributed by atoms with Crippen LogP contribution in [0.25, 0.3) is 0 Å². The quantitative estimate of drug-likeness (QED) is 0.396. The summed E-state index contributed by atoms with van der Waals surface area (Å²) in [5, 5.41) is 6.49. The van der Waals surface area contributed by atoms with Gasteiger partial charge in [-0.15, -0.1) is 0 Å². The normalized spacial score (nSPS) is 22.8. The van der Waals surface area contributed by atoms with Gasteiger partial charge in [-0.25, -0.2) is 9.78 Å². The van der Waals surface area contributed by atoms with Crippen molar-refractivity contribution in [2.24, 2.45) is 0 Å². The minimum atomic E-state index is -0.553. The van der Waals surface area contributed by atoms with E-state index in [1.807, 2.05) is 66.4 Å². The maximum Gasteiger partial charge on any atom is 0.327 e. The van der Waals surface area contributed by atoms with E-state index in [0.29, 0.717) is 18.8 Å². The van der Waals surface area contributed by atoms with Crippen LogP contribution in [0.5, 0.6) is 11.5 Å². The number of likely N-dealkylation sites (tertiary alicyclic amines) is 2. The van der Waals surface area contributed by atoms with Crippen molar-refractivity contribution in [2.75, 3.05) is 37.6 Å². The van der Waals surface area contributed by atoms with Crippen LogP contribution in [0.2, 0.25) is 0 Å². The van der Waals surface area contributed by atoms with Crippen LogP contribution in [-0.2, 0) is 9.59 Å². The SMILES string of the molecule is Cc1cc(Oc2ccccc2)ccc1N1C(=O)NC2c3c1ccnc3S[C@H]2C(=O)NC1CCCN(C(=O)CN2CCCC2)C1. The molecular formula is C33H36N6O4S. The van der Waals surface area contributed by atoms with E-state index in [0.717, 1.165) is 78.6 Å². The number of hydrogen-bond acceptors (Lipinski definition) is 7. The molecule has 0 spiro atoms. The first-order chi connectivity index (χ1) is 21.4. The Morgan fingerprint density at radius 1 is 1.02 bits per heavy atom. The average molecular weight is 613 g/mol. The molecule has 0 saturated carbocycles. The lowest BCUT2D eigenvalue weighted by Gasteiger charge is -2.36. The molecular weight excluding hydrogens is 576 g/mol. The number of benzene rings is 2. The third kappa shape index (κ3) is 5.61. The van der Waals surface area contributed by atoms with Crippen molar-refractivity contribution >= 4 is 41.0 Å². The van der Waals surface area contributed by atoms with Gasteiger partial charge in [-0.1, -0.05) is 30.0 Å². The van der Waals surface area contributed by atoms with Gasteiger partial charge in [0.05, 0.1) is 24.0 Å². The van der Waals surface area contributed by atoms with Crippen molar-refractivity contribution in [3.05, 3.63) is 71.9 Å². The van der Waals surface area contributed by atoms with Gasteiger partial charge in [-0.05, 0) is 87.7 Å². The number of para-hydroxylation sites is 1. The molecule has 10 nitrogen and oxygen atoms in total. The van der Waals surface area contributed by atoms with Gasteiger partial charge >= 0.3 is 6.03 Å². The van der Waals surface area contributed by atoms with Gasteiger partial charge in [0, 0.05) is 30.9 Å². The zero-order valence-electron chi connectivity index (χ0n) is 24.7. The Kier molecular flexibility index (Phi) is 7.90. The Labute approximate surface area is 261 Å². The standard InChI is InChI=1S/C33H36N6O4S/c1-21-18-24(43-23-9-3-2-4-10-23)11-12-25(21)39-26-13-14-34-32-28(26)29(36-33(39)42)30(44-32)31(41)35-22-8-7-17-38(19-22)27(40)20-37-15-5-6-16-37/h2-4,9-14,18,22,29-30H,5-8,15-17,19-20H2,1H3,(H,35,41)(H,36,42)/t22?,29?,30-/m1/s1. The summed E-state index contributed by atoms with van der Waals surface area (Å²) in [5.74, 6) is 1.41. The number of ether oxygens (including phenoxy) is 1. The largest absolute Gasteiger partial charge is 0.457 e. The van der Waals surface area contributed by atoms with Gasteiger partial charge in [-0.2, -0.15) is 0 Å². The third-order valence-corrected chi connectivity index (χ3v) is 10.1. The summed E-state index contributed by atoms with van der Waals surface area (Å²) in [6.07, 6.45) is 5.66. The van der Waals surface area contributed by atoms with Crippen molar-refractivity contribution in [1.82, 2.24) is 25.4 Å². The number of piperidine rings is 1. The molecule has 3 aromatic rings. The molecule has 1 aromatic heterocycles. The molecule has 2 unspecified atom stereocenters. The van der Waals surface area contributed by atoms with Gasteiger partial charge in [-0.3, -0.25) is 19.4 Å². The van der Waals surface area contributed by atoms with Gasteiger partial charge in [0.1, 0.15) is 21.8 Å². The molecule has 4 amide bonds. The molecule has 44 heavy (non-hydrogen) atoms. The summed E-state index contributed by atoms with van der Waals surface area (Å²) in [4.78, 5) is 50.6. The summed E-state index contributed by atoms with van der Waals surface area (Å²) in [6, 6.07) is 16.1. The number of carbonyl (C=O) groups excluding carboxylic acids is 3. The molecule has 5 heterocycles. The fourth-order valence-electron chi connectivity index (χ4n) is 6.67. The predicted molar refractivity (Wildman–Crippen MR) is 168 cm³/mol. The number of aromatic nitrogens is 1. The number of rotatable bonds is 7. The number of urea groups is 1. The Morgan fingerprint density at radius 2 is 1.84 bits per heavy atom. The Morgan fingerprint density at radius 3 is 2.64 bits per heavy atom. The lowest BCUT2D eigenvalue weighted by Crippen LogP contribution is -2.54. The van der Waals surface area contributed by atoms with Crippen LogP contribution < -0.4 is 20.3 Å². The number of thioether (sulfide) groups is 1. The molecule has 2 saturated heterocycles. The van der Waals surface area contributed by atoms with Crippen molar-refractivity contribution in [1.29, 1.82) is 0 Å². The van der Waals surface area contributed by atoms with Crippen LogP contribution in [-0.4, -0.2) is 76.6 Å². The molecule has 0 aliphatic carbocycles. The van der Waals surface area contributed by atoms with Crippen molar-refractivity contribution in [3.63, 3.8) is 0 Å². The third-order valence-electron chi connectivity index (χ3n) is 8.83. The van der Waals surface area contributed by atoms with E-state index in [1.54, 1.807) is 11.1 Å². The second kappa shape index (κ2) is 12.1. The number of amides is 4. The second-order valence-electron chi connectivity index (χ2n) is 11.9. The van der Waals surface area contributed by atoms with E-state index < -0.39 is 11.3 Å². The lowest BCUT2D eigenvalue weighted by atomic mass is 9.98. The zero-order chi connectivity index (χ0) is 30.2. The fraction of sp³-hybridized carbons (Fsp3) is 0.394. The number of pyridine rings is 1. The van der Waals surface area contributed by atoms with Gasteiger partial charge in [0.2, 0.25) is 11.8 Å². The Bertz CT molecular complexity index is 1580. The Balaban J connectivity index is 1.06. The molecule has 2 N–H and O–H groups in total. The molecule has 0 radical (unpaired) electrons. The summed E-state index contributed by atoms with van der Waals surface area (Å²) >= 11 is 1.38. The number of aryl methyl sites for hydroxylation is 1. The number of nitrogens with zero attached hydrogens (tertiary/aromatic N) is 4. The smallest absolute Gasteiger partial charge is 0.327 e. The monoisotopic (exact) mass is 612 g/mol. The summed E-state index contributed by atoms with van der Waals surface area (Å²) in [5.41, 5.74) is 3.18. The molecule has 2 fully saturated rings. The topological polar surface area (TPSA) is 107 Å². The summed E-state index contributed by atoms with van der Waals surface area (Å²) < 4.78 is 6.00. The number of nitrogens with one attached hydrogen (secondary N) is 2. The number of hydrogen-bond donors (Lipinski definition) is 2. The highest BCUT2D eigenvalue weighted by molar-refractivity contribution is 8.01. The molecule has 0 bridgehead atoms. The number of carbonyl (C=O) groups is 3. The minimum Gasteiger partial charge on any atom is -0.457 e.